The number of hydrogen-bond acceptors (Lipinski definition) is 4. The SMILES string of the molecule is CCCCCCCC/C=C\CCCCCCCC(=S)[S-].CCCCCCCC/C=C\CCCCCCCC(=S)[S-].[Cu+2]. The van der Waals surface area contributed by atoms with Crippen molar-refractivity contribution in [3.05, 3.63) is 24.3 Å². The Hall–Kier alpha value is 0.619. The van der Waals surface area contributed by atoms with Crippen LogP contribution < -0.4 is 0 Å². The first-order valence-corrected chi connectivity index (χ1v) is 18.9. The molecule has 0 saturated heterocycles. The number of thiocarbonyl (C=S) groups is 2. The van der Waals surface area contributed by atoms with E-state index in [9.17, 15) is 0 Å². The number of rotatable bonds is 30. The van der Waals surface area contributed by atoms with Crippen LogP contribution in [-0.2, 0) is 42.3 Å². The molecule has 0 aromatic heterocycles. The van der Waals surface area contributed by atoms with Gasteiger partial charge in [0.1, 0.15) is 0 Å². The van der Waals surface area contributed by atoms with E-state index in [1.54, 1.807) is 0 Å². The minimum absolute atomic E-state index is 0. The monoisotopic (exact) mass is 689 g/mol. The molecule has 0 aliphatic rings. The van der Waals surface area contributed by atoms with E-state index in [1.807, 2.05) is 0 Å². The van der Waals surface area contributed by atoms with Gasteiger partial charge in [-0.05, 0) is 64.2 Å². The Bertz CT molecular complexity index is 524. The summed E-state index contributed by atoms with van der Waals surface area (Å²) in [5.41, 5.74) is 0. The summed E-state index contributed by atoms with van der Waals surface area (Å²) in [5, 5.41) is 0. The minimum Gasteiger partial charge on any atom is -0.433 e. The summed E-state index contributed by atoms with van der Waals surface area (Å²) in [6.07, 6.45) is 46.3. The molecule has 0 bridgehead atoms. The fraction of sp³-hybridized carbons (Fsp3) is 0.833. The van der Waals surface area contributed by atoms with Gasteiger partial charge >= 0.3 is 17.1 Å². The van der Waals surface area contributed by atoms with Crippen molar-refractivity contribution in [2.45, 2.75) is 194 Å². The molecule has 41 heavy (non-hydrogen) atoms. The number of allylic oxidation sites excluding steroid dienone is 4. The Balaban J connectivity index is -0.000000688. The second kappa shape index (κ2) is 42.8. The van der Waals surface area contributed by atoms with Crippen LogP contribution in [0.5, 0.6) is 0 Å². The van der Waals surface area contributed by atoms with Crippen molar-refractivity contribution in [1.29, 1.82) is 0 Å². The van der Waals surface area contributed by atoms with E-state index in [1.165, 1.54) is 167 Å². The molecule has 0 nitrogen and oxygen atoms in total. The van der Waals surface area contributed by atoms with Crippen molar-refractivity contribution in [2.24, 2.45) is 0 Å². The van der Waals surface area contributed by atoms with Crippen LogP contribution in [0.1, 0.15) is 194 Å². The third kappa shape index (κ3) is 50.5. The van der Waals surface area contributed by atoms with Crippen LogP contribution >= 0.6 is 24.4 Å². The zero-order chi connectivity index (χ0) is 29.8. The molecule has 0 aliphatic carbocycles. The molecular formula is C36H66CuS4. The van der Waals surface area contributed by atoms with E-state index in [2.05, 4.69) is 38.2 Å². The van der Waals surface area contributed by atoms with Gasteiger partial charge in [0.2, 0.25) is 0 Å². The maximum absolute atomic E-state index is 4.90. The van der Waals surface area contributed by atoms with Gasteiger partial charge in [-0.2, -0.15) is 8.39 Å². The van der Waals surface area contributed by atoms with E-state index in [-0.39, 0.29) is 17.1 Å². The molecule has 0 aromatic rings. The van der Waals surface area contributed by atoms with Crippen LogP contribution in [0.3, 0.4) is 0 Å². The van der Waals surface area contributed by atoms with Crippen LogP contribution in [0.25, 0.3) is 0 Å². The predicted molar refractivity (Wildman–Crippen MR) is 199 cm³/mol. The van der Waals surface area contributed by atoms with Gasteiger partial charge in [0.05, 0.1) is 0 Å². The van der Waals surface area contributed by atoms with Crippen molar-refractivity contribution < 1.29 is 17.1 Å². The zero-order valence-electron chi connectivity index (χ0n) is 27.0. The predicted octanol–water partition coefficient (Wildman–Crippen LogP) is 13.8. The van der Waals surface area contributed by atoms with Crippen LogP contribution in [0.4, 0.5) is 0 Å². The molecule has 1 radical (unpaired) electrons. The average Bonchev–Trinajstić information content (AvgIpc) is 2.93. The second-order valence-corrected chi connectivity index (χ2v) is 13.9. The molecule has 0 aliphatic heterocycles. The van der Waals surface area contributed by atoms with Gasteiger partial charge in [0.15, 0.2) is 0 Å². The van der Waals surface area contributed by atoms with E-state index in [0.717, 1.165) is 21.2 Å². The maximum Gasteiger partial charge on any atom is 2.00 e. The first-order valence-electron chi connectivity index (χ1n) is 17.2. The molecular weight excluding hydrogens is 624 g/mol. The molecule has 0 heterocycles. The van der Waals surface area contributed by atoms with E-state index < -0.39 is 0 Å². The van der Waals surface area contributed by atoms with Gasteiger partial charge in [-0.15, -0.1) is 0 Å². The minimum atomic E-state index is 0. The Kier molecular flexibility index (Phi) is 48.0. The molecule has 0 amide bonds. The summed E-state index contributed by atoms with van der Waals surface area (Å²) in [5.74, 6) is 0. The van der Waals surface area contributed by atoms with Crippen molar-refractivity contribution in [1.82, 2.24) is 0 Å². The van der Waals surface area contributed by atoms with Crippen LogP contribution in [0, 0.1) is 0 Å². The van der Waals surface area contributed by atoms with Gasteiger partial charge < -0.3 is 49.7 Å². The molecule has 0 N–H and O–H groups in total. The van der Waals surface area contributed by atoms with E-state index in [4.69, 9.17) is 49.7 Å². The summed E-state index contributed by atoms with van der Waals surface area (Å²) >= 11 is 19.6. The largest absolute Gasteiger partial charge is 2.00 e. The van der Waals surface area contributed by atoms with E-state index >= 15 is 0 Å². The standard InChI is InChI=1S/2C18H34S2.Cu/c2*1-2-3-4-5-6-7-8-9-10-11-12-13-14-15-16-17-18(19)20;/h2*9-10H,2-8,11-17H2,1H3,(H,19,20);/q;;+2/p-2/b2*10-9-;. The summed E-state index contributed by atoms with van der Waals surface area (Å²) in [6.45, 7) is 4.55. The molecule has 0 saturated carbocycles. The fourth-order valence-corrected chi connectivity index (χ4v) is 5.26. The average molecular weight is 691 g/mol. The quantitative estimate of drug-likeness (QED) is 0.0242. The molecule has 0 atom stereocenters. The Morgan fingerprint density at radius 1 is 0.390 bits per heavy atom. The van der Waals surface area contributed by atoms with Gasteiger partial charge in [-0.3, -0.25) is 0 Å². The normalized spacial score (nSPS) is 11.0. The maximum atomic E-state index is 4.90. The molecule has 0 unspecified atom stereocenters. The molecule has 0 rings (SSSR count). The Morgan fingerprint density at radius 2 is 0.610 bits per heavy atom. The van der Waals surface area contributed by atoms with Crippen molar-refractivity contribution in [3.8, 4) is 0 Å². The van der Waals surface area contributed by atoms with Gasteiger partial charge in [0, 0.05) is 0 Å². The van der Waals surface area contributed by atoms with Gasteiger partial charge in [0.25, 0.3) is 0 Å². The second-order valence-electron chi connectivity index (χ2n) is 11.4. The smallest absolute Gasteiger partial charge is 0.433 e. The topological polar surface area (TPSA) is 0 Å². The summed E-state index contributed by atoms with van der Waals surface area (Å²) in [7, 11) is 0. The van der Waals surface area contributed by atoms with Crippen molar-refractivity contribution in [3.63, 3.8) is 0 Å². The molecule has 0 aromatic carbocycles. The van der Waals surface area contributed by atoms with Crippen molar-refractivity contribution in [2.75, 3.05) is 0 Å². The van der Waals surface area contributed by atoms with Gasteiger partial charge in [-0.1, -0.05) is 154 Å². The van der Waals surface area contributed by atoms with E-state index in [0.29, 0.717) is 0 Å². The number of hydrogen-bond donors (Lipinski definition) is 0. The van der Waals surface area contributed by atoms with Crippen molar-refractivity contribution >= 4 is 58.1 Å². The summed E-state index contributed by atoms with van der Waals surface area (Å²) in [6, 6.07) is 0. The third-order valence-electron chi connectivity index (χ3n) is 7.29. The molecule has 0 spiro atoms. The van der Waals surface area contributed by atoms with Gasteiger partial charge in [-0.25, -0.2) is 0 Å². The molecule has 5 heteroatoms. The summed E-state index contributed by atoms with van der Waals surface area (Å²) < 4.78 is 1.50. The Morgan fingerprint density at radius 3 is 0.854 bits per heavy atom. The third-order valence-corrected chi connectivity index (χ3v) is 8.10. The Labute approximate surface area is 291 Å². The molecule has 245 valence electrons. The van der Waals surface area contributed by atoms with Crippen LogP contribution in [0.15, 0.2) is 24.3 Å². The summed E-state index contributed by atoms with van der Waals surface area (Å²) in [4.78, 5) is 0. The fourth-order valence-electron chi connectivity index (χ4n) is 4.68. The number of unbranched alkanes of at least 4 members (excludes halogenated alkanes) is 22. The molecule has 0 fully saturated rings. The first-order chi connectivity index (χ1) is 19.5. The van der Waals surface area contributed by atoms with Crippen LogP contribution in [-0.4, -0.2) is 8.39 Å². The zero-order valence-corrected chi connectivity index (χ0v) is 31.3. The van der Waals surface area contributed by atoms with Crippen LogP contribution in [0.2, 0.25) is 0 Å². The first kappa shape index (κ1) is 46.0.